The summed E-state index contributed by atoms with van der Waals surface area (Å²) in [6.07, 6.45) is 0.578. The summed E-state index contributed by atoms with van der Waals surface area (Å²) in [5.74, 6) is -2.96. The summed E-state index contributed by atoms with van der Waals surface area (Å²) in [7, 11) is -3.51. The molecule has 3 aromatic rings. The van der Waals surface area contributed by atoms with Crippen LogP contribution in [0.4, 0.5) is 4.39 Å². The molecule has 0 saturated carbocycles. The zero-order valence-electron chi connectivity index (χ0n) is 17.1. The number of benzene rings is 2. The number of esters is 1. The molecule has 10 nitrogen and oxygen atoms in total. The number of aromatic nitrogens is 2. The SMILES string of the molecule is CCCn1nc(C(=O)NNS(=O)(=O)c2cc(C(=O)OC)ccc2F)c2ccccc2c1=O. The third-order valence-corrected chi connectivity index (χ3v) is 5.72. The maximum atomic E-state index is 14.1. The van der Waals surface area contributed by atoms with E-state index in [2.05, 4.69) is 9.84 Å². The van der Waals surface area contributed by atoms with Gasteiger partial charge in [-0.25, -0.2) is 22.3 Å². The quantitative estimate of drug-likeness (QED) is 0.400. The minimum Gasteiger partial charge on any atom is -0.465 e. The molecule has 0 unspecified atom stereocenters. The number of nitrogens with one attached hydrogen (secondary N) is 2. The highest BCUT2D eigenvalue weighted by Gasteiger charge is 2.24. The fourth-order valence-electron chi connectivity index (χ4n) is 2.95. The van der Waals surface area contributed by atoms with Crippen LogP contribution in [0.15, 0.2) is 52.2 Å². The van der Waals surface area contributed by atoms with Crippen molar-refractivity contribution in [2.75, 3.05) is 7.11 Å². The van der Waals surface area contributed by atoms with Crippen molar-refractivity contribution in [2.24, 2.45) is 0 Å². The van der Waals surface area contributed by atoms with Crippen molar-refractivity contribution >= 4 is 32.7 Å². The number of methoxy groups -OCH3 is 1. The van der Waals surface area contributed by atoms with E-state index in [0.717, 1.165) is 30.0 Å². The first-order valence-corrected chi connectivity index (χ1v) is 10.9. The summed E-state index contributed by atoms with van der Waals surface area (Å²) in [4.78, 5) is 37.8. The maximum absolute atomic E-state index is 14.1. The van der Waals surface area contributed by atoms with Gasteiger partial charge in [-0.1, -0.05) is 25.1 Å². The summed E-state index contributed by atoms with van der Waals surface area (Å²) < 4.78 is 44.8. The number of hydrogen-bond acceptors (Lipinski definition) is 7. The van der Waals surface area contributed by atoms with Crippen LogP contribution in [0.5, 0.6) is 0 Å². The van der Waals surface area contributed by atoms with E-state index in [-0.39, 0.29) is 34.1 Å². The second kappa shape index (κ2) is 9.24. The van der Waals surface area contributed by atoms with Crippen LogP contribution in [0.1, 0.15) is 34.2 Å². The van der Waals surface area contributed by atoms with Crippen LogP contribution < -0.4 is 15.8 Å². The number of halogens is 1. The Labute approximate surface area is 182 Å². The van der Waals surface area contributed by atoms with Gasteiger partial charge >= 0.3 is 5.97 Å². The van der Waals surface area contributed by atoms with E-state index in [1.165, 1.54) is 12.1 Å². The molecule has 0 spiro atoms. The summed E-state index contributed by atoms with van der Waals surface area (Å²) in [5.41, 5.74) is 1.19. The Kier molecular flexibility index (Phi) is 6.65. The minimum absolute atomic E-state index is 0.194. The maximum Gasteiger partial charge on any atom is 0.337 e. The van der Waals surface area contributed by atoms with Crippen molar-refractivity contribution in [1.82, 2.24) is 20.0 Å². The Hall–Kier alpha value is -3.64. The summed E-state index contributed by atoms with van der Waals surface area (Å²) in [6, 6.07) is 8.89. The molecule has 0 fully saturated rings. The molecule has 1 aromatic heterocycles. The third kappa shape index (κ3) is 4.50. The van der Waals surface area contributed by atoms with E-state index in [0.29, 0.717) is 6.42 Å². The van der Waals surface area contributed by atoms with Crippen LogP contribution in [0, 0.1) is 5.82 Å². The highest BCUT2D eigenvalue weighted by molar-refractivity contribution is 7.89. The Morgan fingerprint density at radius 2 is 1.84 bits per heavy atom. The number of aryl methyl sites for hydroxylation is 1. The number of hydrogen-bond donors (Lipinski definition) is 2. The molecule has 0 radical (unpaired) electrons. The van der Waals surface area contributed by atoms with Crippen LogP contribution in [-0.4, -0.2) is 37.2 Å². The van der Waals surface area contributed by atoms with Crippen LogP contribution in [-0.2, 0) is 21.3 Å². The van der Waals surface area contributed by atoms with Crippen molar-refractivity contribution < 1.29 is 27.1 Å². The molecule has 1 amide bonds. The number of amides is 1. The van der Waals surface area contributed by atoms with E-state index in [1.807, 2.05) is 12.3 Å². The normalized spacial score (nSPS) is 11.3. The predicted molar refractivity (Wildman–Crippen MR) is 112 cm³/mol. The van der Waals surface area contributed by atoms with Gasteiger partial charge in [0.25, 0.3) is 21.5 Å². The topological polar surface area (TPSA) is 136 Å². The first-order valence-electron chi connectivity index (χ1n) is 9.39. The number of ether oxygens (including phenoxy) is 1. The van der Waals surface area contributed by atoms with Crippen LogP contribution in [0.3, 0.4) is 0 Å². The predicted octanol–water partition coefficient (Wildman–Crippen LogP) is 1.36. The van der Waals surface area contributed by atoms with E-state index in [4.69, 9.17) is 0 Å². The van der Waals surface area contributed by atoms with Gasteiger partial charge in [0, 0.05) is 11.9 Å². The molecule has 168 valence electrons. The van der Waals surface area contributed by atoms with Crippen LogP contribution >= 0.6 is 0 Å². The zero-order chi connectivity index (χ0) is 23.5. The van der Waals surface area contributed by atoms with E-state index < -0.39 is 32.6 Å². The number of nitrogens with zero attached hydrogens (tertiary/aromatic N) is 2. The van der Waals surface area contributed by atoms with Gasteiger partial charge in [0.05, 0.1) is 18.1 Å². The van der Waals surface area contributed by atoms with Gasteiger partial charge in [0.15, 0.2) is 5.69 Å². The van der Waals surface area contributed by atoms with E-state index in [9.17, 15) is 27.2 Å². The fraction of sp³-hybridized carbons (Fsp3) is 0.200. The van der Waals surface area contributed by atoms with Crippen molar-refractivity contribution in [3.8, 4) is 0 Å². The van der Waals surface area contributed by atoms with Crippen molar-refractivity contribution in [1.29, 1.82) is 0 Å². The molecular formula is C20H19FN4O6S. The molecule has 3 rings (SSSR count). The van der Waals surface area contributed by atoms with Gasteiger partial charge in [0.2, 0.25) is 0 Å². The first kappa shape index (κ1) is 23.0. The smallest absolute Gasteiger partial charge is 0.337 e. The summed E-state index contributed by atoms with van der Waals surface area (Å²) >= 11 is 0. The van der Waals surface area contributed by atoms with Gasteiger partial charge in [-0.15, -0.1) is 4.83 Å². The number of carbonyl (C=O) groups is 2. The molecule has 0 aliphatic carbocycles. The molecule has 12 heteroatoms. The third-order valence-electron chi connectivity index (χ3n) is 4.46. The Bertz CT molecular complexity index is 1370. The lowest BCUT2D eigenvalue weighted by molar-refractivity contribution is 0.0600. The van der Waals surface area contributed by atoms with Gasteiger partial charge in [0.1, 0.15) is 10.7 Å². The Morgan fingerprint density at radius 3 is 2.50 bits per heavy atom. The number of rotatable bonds is 7. The average molecular weight is 462 g/mol. The second-order valence-corrected chi connectivity index (χ2v) is 8.27. The van der Waals surface area contributed by atoms with Gasteiger partial charge in [-0.2, -0.15) is 5.10 Å². The highest BCUT2D eigenvalue weighted by Crippen LogP contribution is 2.17. The number of carbonyl (C=O) groups excluding carboxylic acids is 2. The molecule has 0 atom stereocenters. The monoisotopic (exact) mass is 462 g/mol. The van der Waals surface area contributed by atoms with Gasteiger partial charge in [-0.3, -0.25) is 15.0 Å². The Morgan fingerprint density at radius 1 is 1.16 bits per heavy atom. The minimum atomic E-state index is -4.60. The average Bonchev–Trinajstić information content (AvgIpc) is 2.79. The lowest BCUT2D eigenvalue weighted by atomic mass is 10.1. The van der Waals surface area contributed by atoms with E-state index >= 15 is 0 Å². The molecule has 1 heterocycles. The molecule has 0 aliphatic heterocycles. The second-order valence-electron chi connectivity index (χ2n) is 6.62. The number of sulfonamides is 1. The van der Waals surface area contributed by atoms with Gasteiger partial charge < -0.3 is 4.74 Å². The van der Waals surface area contributed by atoms with Crippen molar-refractivity contribution in [3.63, 3.8) is 0 Å². The highest BCUT2D eigenvalue weighted by atomic mass is 32.2. The molecule has 0 saturated heterocycles. The standard InChI is InChI=1S/C20H19FN4O6S/c1-3-10-25-19(27)14-7-5-4-6-13(14)17(23-25)18(26)22-24-32(29,30)16-11-12(20(28)31-2)8-9-15(16)21/h4-9,11,24H,3,10H2,1-2H3,(H,22,26). The summed E-state index contributed by atoms with van der Waals surface area (Å²) in [6.45, 7) is 2.08. The first-order chi connectivity index (χ1) is 15.2. The molecule has 32 heavy (non-hydrogen) atoms. The van der Waals surface area contributed by atoms with Crippen LogP contribution in [0.2, 0.25) is 0 Å². The largest absolute Gasteiger partial charge is 0.465 e. The van der Waals surface area contributed by atoms with Gasteiger partial charge in [-0.05, 0) is 30.7 Å². The van der Waals surface area contributed by atoms with Crippen LogP contribution in [0.25, 0.3) is 10.8 Å². The lowest BCUT2D eigenvalue weighted by Crippen LogP contribution is -2.43. The fourth-order valence-corrected chi connectivity index (χ4v) is 3.89. The van der Waals surface area contributed by atoms with Crippen molar-refractivity contribution in [3.05, 3.63) is 69.9 Å². The Balaban J connectivity index is 1.94. The lowest BCUT2D eigenvalue weighted by Gasteiger charge is -2.12. The zero-order valence-corrected chi connectivity index (χ0v) is 17.9. The van der Waals surface area contributed by atoms with Crippen molar-refractivity contribution in [2.45, 2.75) is 24.8 Å². The van der Waals surface area contributed by atoms with E-state index in [1.54, 1.807) is 17.0 Å². The molecule has 0 bridgehead atoms. The molecule has 2 N–H and O–H groups in total. The number of fused-ring (bicyclic) bond motifs is 1. The number of hydrazine groups is 1. The molecular weight excluding hydrogens is 443 g/mol. The molecule has 2 aromatic carbocycles. The summed E-state index contributed by atoms with van der Waals surface area (Å²) in [5, 5.41) is 4.51. The molecule has 0 aliphatic rings.